The zero-order chi connectivity index (χ0) is 34.4. The van der Waals surface area contributed by atoms with Crippen LogP contribution in [0, 0.1) is 13.8 Å². The van der Waals surface area contributed by atoms with Gasteiger partial charge in [0.05, 0.1) is 12.1 Å². The third-order valence-electron chi connectivity index (χ3n) is 8.55. The highest BCUT2D eigenvalue weighted by Crippen LogP contribution is 2.24. The molecule has 0 aliphatic carbocycles. The first-order valence-electron chi connectivity index (χ1n) is 15.3. The van der Waals surface area contributed by atoms with Crippen molar-refractivity contribution in [3.8, 4) is 5.75 Å². The number of nitrogens with two attached hydrogens (primary N) is 2. The van der Waals surface area contributed by atoms with Gasteiger partial charge in [-0.2, -0.15) is 0 Å². The molecule has 11 heteroatoms. The Morgan fingerprint density at radius 3 is 2.19 bits per heavy atom. The largest absolute Gasteiger partial charge is 0.508 e. The first-order chi connectivity index (χ1) is 22.3. The second kappa shape index (κ2) is 14.8. The Morgan fingerprint density at radius 2 is 1.55 bits per heavy atom. The Balaban J connectivity index is 1.56. The molecular weight excluding hydrogens is 596 g/mol. The molecule has 1 aromatic heterocycles. The number of amides is 4. The van der Waals surface area contributed by atoms with Crippen LogP contribution in [-0.2, 0) is 32.0 Å². The molecule has 8 N–H and O–H groups in total. The van der Waals surface area contributed by atoms with Crippen molar-refractivity contribution in [2.24, 2.45) is 11.5 Å². The third kappa shape index (κ3) is 8.06. The van der Waals surface area contributed by atoms with E-state index < -0.39 is 47.8 Å². The van der Waals surface area contributed by atoms with Crippen LogP contribution >= 0.6 is 0 Å². The Hall–Kier alpha value is -5.42. The highest BCUT2D eigenvalue weighted by atomic mass is 16.3. The lowest BCUT2D eigenvalue weighted by molar-refractivity contribution is -0.140. The monoisotopic (exact) mass is 638 g/mol. The van der Waals surface area contributed by atoms with E-state index in [2.05, 4.69) is 22.2 Å². The van der Waals surface area contributed by atoms with E-state index in [1.54, 1.807) is 55.6 Å². The molecule has 4 rings (SSSR count). The van der Waals surface area contributed by atoms with E-state index in [1.165, 1.54) is 11.9 Å². The summed E-state index contributed by atoms with van der Waals surface area (Å²) in [6.45, 7) is 9.02. The third-order valence-corrected chi connectivity index (χ3v) is 8.55. The fraction of sp³-hybridized carbons (Fsp3) is 0.278. The highest BCUT2D eigenvalue weighted by molar-refractivity contribution is 5.96. The summed E-state index contributed by atoms with van der Waals surface area (Å²) < 4.78 is 0. The number of nitrogens with zero attached hydrogens (tertiary/aromatic N) is 1. The number of nitrogens with one attached hydrogen (secondary N) is 3. The van der Waals surface area contributed by atoms with Crippen molar-refractivity contribution in [3.63, 3.8) is 0 Å². The number of benzene rings is 3. The van der Waals surface area contributed by atoms with E-state index >= 15 is 0 Å². The Bertz CT molecular complexity index is 1780. The van der Waals surface area contributed by atoms with Crippen molar-refractivity contribution < 1.29 is 24.3 Å². The van der Waals surface area contributed by atoms with Crippen molar-refractivity contribution in [1.29, 1.82) is 0 Å². The van der Waals surface area contributed by atoms with Gasteiger partial charge in [-0.1, -0.05) is 55.1 Å². The van der Waals surface area contributed by atoms with Gasteiger partial charge in [0.2, 0.25) is 23.6 Å². The molecule has 0 radical (unpaired) electrons. The number of hydrogen-bond donors (Lipinski definition) is 6. The second-order valence-corrected chi connectivity index (χ2v) is 11.9. The Labute approximate surface area is 274 Å². The fourth-order valence-corrected chi connectivity index (χ4v) is 5.65. The van der Waals surface area contributed by atoms with Gasteiger partial charge in [-0.3, -0.25) is 19.2 Å². The first-order valence-corrected chi connectivity index (χ1v) is 15.3. The lowest BCUT2D eigenvalue weighted by atomic mass is 9.95. The molecule has 0 saturated heterocycles. The number of H-pyrrole nitrogens is 1. The molecule has 246 valence electrons. The summed E-state index contributed by atoms with van der Waals surface area (Å²) in [5, 5.41) is 16.4. The number of carbonyl (C=O) groups excluding carboxylic acids is 4. The molecule has 0 aliphatic rings. The van der Waals surface area contributed by atoms with Gasteiger partial charge in [0.25, 0.3) is 0 Å². The van der Waals surface area contributed by atoms with Crippen molar-refractivity contribution in [3.05, 3.63) is 113 Å². The van der Waals surface area contributed by atoms with E-state index in [9.17, 15) is 24.3 Å². The summed E-state index contributed by atoms with van der Waals surface area (Å²) in [6, 6.07) is 15.6. The predicted molar refractivity (Wildman–Crippen MR) is 181 cm³/mol. The molecular formula is C36H42N6O5. The zero-order valence-corrected chi connectivity index (χ0v) is 27.0. The summed E-state index contributed by atoms with van der Waals surface area (Å²) in [5.41, 5.74) is 16.5. The van der Waals surface area contributed by atoms with E-state index in [4.69, 9.17) is 11.5 Å². The lowest BCUT2D eigenvalue weighted by Gasteiger charge is -2.29. The van der Waals surface area contributed by atoms with Crippen molar-refractivity contribution in [2.45, 2.75) is 57.8 Å². The highest BCUT2D eigenvalue weighted by Gasteiger charge is 2.32. The standard InChI is InChI=1S/C36H42N6O5/c1-20-15-26(43)16-21(2)28(20)18-29(37)36(47)42(5)23(4)34(45)40-31(17-25-19-39-30-14-10-9-13-27(25)30)35(46)41-32(22(3)33(38)44)24-11-7-6-8-12-24/h6-16,19,23,29,31-32,39,43H,3,17-18,37H2,1-2,4-5H3,(H2,38,44)(H,40,45)(H,41,46)/t23-,29+,31+,32-/m1/s1. The van der Waals surface area contributed by atoms with Gasteiger partial charge in [-0.05, 0) is 73.2 Å². The van der Waals surface area contributed by atoms with Crippen LogP contribution in [-0.4, -0.2) is 63.8 Å². The number of likely N-dealkylation sites (N-methyl/N-ethyl adjacent to an activating group) is 1. The van der Waals surface area contributed by atoms with Crippen LogP contribution in [0.2, 0.25) is 0 Å². The minimum absolute atomic E-state index is 0.0199. The number of phenols is 1. The van der Waals surface area contributed by atoms with Crippen LogP contribution in [0.3, 0.4) is 0 Å². The number of carbonyl (C=O) groups is 4. The van der Waals surface area contributed by atoms with Gasteiger partial charge in [0.1, 0.15) is 17.8 Å². The van der Waals surface area contributed by atoms with Gasteiger partial charge in [-0.25, -0.2) is 0 Å². The lowest BCUT2D eigenvalue weighted by Crippen LogP contribution is -2.56. The molecule has 1 heterocycles. The summed E-state index contributed by atoms with van der Waals surface area (Å²) >= 11 is 0. The minimum Gasteiger partial charge on any atom is -0.508 e. The van der Waals surface area contributed by atoms with Crippen molar-refractivity contribution in [1.82, 2.24) is 20.5 Å². The maximum absolute atomic E-state index is 13.9. The average molecular weight is 639 g/mol. The molecule has 4 aromatic rings. The summed E-state index contributed by atoms with van der Waals surface area (Å²) in [4.78, 5) is 57.6. The van der Waals surface area contributed by atoms with Crippen LogP contribution < -0.4 is 22.1 Å². The average Bonchev–Trinajstić information content (AvgIpc) is 3.46. The van der Waals surface area contributed by atoms with E-state index in [1.807, 2.05) is 38.1 Å². The molecule has 0 fully saturated rings. The maximum atomic E-state index is 13.9. The molecule has 0 spiro atoms. The predicted octanol–water partition coefficient (Wildman–Crippen LogP) is 2.83. The summed E-state index contributed by atoms with van der Waals surface area (Å²) in [7, 11) is 1.49. The fourth-order valence-electron chi connectivity index (χ4n) is 5.65. The number of para-hydroxylation sites is 1. The Kier molecular flexibility index (Phi) is 10.8. The molecule has 0 unspecified atom stereocenters. The van der Waals surface area contributed by atoms with Gasteiger partial charge in [0, 0.05) is 36.1 Å². The quantitative estimate of drug-likeness (QED) is 0.122. The van der Waals surface area contributed by atoms with Crippen LogP contribution in [0.4, 0.5) is 0 Å². The zero-order valence-electron chi connectivity index (χ0n) is 27.0. The number of fused-ring (bicyclic) bond motifs is 1. The van der Waals surface area contributed by atoms with Gasteiger partial charge < -0.3 is 37.1 Å². The van der Waals surface area contributed by atoms with Crippen LogP contribution in [0.1, 0.15) is 40.8 Å². The summed E-state index contributed by atoms with van der Waals surface area (Å²) in [6.07, 6.45) is 2.10. The number of aromatic hydroxyl groups is 1. The van der Waals surface area contributed by atoms with E-state index in [-0.39, 0.29) is 24.2 Å². The topological polar surface area (TPSA) is 184 Å². The maximum Gasteiger partial charge on any atom is 0.246 e. The number of phenolic OH excluding ortho intramolecular Hbond substituents is 1. The van der Waals surface area contributed by atoms with E-state index in [0.717, 1.165) is 33.2 Å². The van der Waals surface area contributed by atoms with Crippen LogP contribution in [0.15, 0.2) is 85.1 Å². The SMILES string of the molecule is C=C(C(N)=O)[C@@H](NC(=O)[C@H](Cc1c[nH]c2ccccc12)NC(=O)[C@@H](C)N(C)C(=O)[C@@H](N)Cc1c(C)cc(O)cc1C)c1ccccc1. The molecule has 0 bridgehead atoms. The van der Waals surface area contributed by atoms with Gasteiger partial charge in [-0.15, -0.1) is 0 Å². The molecule has 11 nitrogen and oxygen atoms in total. The normalized spacial score (nSPS) is 13.6. The second-order valence-electron chi connectivity index (χ2n) is 11.9. The van der Waals surface area contributed by atoms with Gasteiger partial charge >= 0.3 is 0 Å². The van der Waals surface area contributed by atoms with Crippen LogP contribution in [0.25, 0.3) is 10.9 Å². The number of rotatable bonds is 13. The number of aryl methyl sites for hydroxylation is 2. The number of primary amides is 1. The number of hydrogen-bond acceptors (Lipinski definition) is 6. The molecule has 47 heavy (non-hydrogen) atoms. The van der Waals surface area contributed by atoms with Gasteiger partial charge in [0.15, 0.2) is 0 Å². The molecule has 0 saturated carbocycles. The van der Waals surface area contributed by atoms with Crippen molar-refractivity contribution >= 4 is 34.5 Å². The number of aromatic nitrogens is 1. The first kappa shape index (κ1) is 34.5. The summed E-state index contributed by atoms with van der Waals surface area (Å²) in [5.74, 6) is -2.25. The number of aromatic amines is 1. The minimum atomic E-state index is -1.10. The van der Waals surface area contributed by atoms with Crippen molar-refractivity contribution in [2.75, 3.05) is 7.05 Å². The molecule has 4 amide bonds. The molecule has 4 atom stereocenters. The van der Waals surface area contributed by atoms with Crippen LogP contribution in [0.5, 0.6) is 5.75 Å². The smallest absolute Gasteiger partial charge is 0.246 e. The Morgan fingerprint density at radius 1 is 0.936 bits per heavy atom. The molecule has 0 aliphatic heterocycles. The van der Waals surface area contributed by atoms with E-state index in [0.29, 0.717) is 5.56 Å². The molecule has 3 aromatic carbocycles.